The Balaban J connectivity index is 2.13. The van der Waals surface area contributed by atoms with E-state index < -0.39 is 12.1 Å². The Morgan fingerprint density at radius 1 is 1.22 bits per heavy atom. The topological polar surface area (TPSA) is 60.8 Å². The molecule has 0 aliphatic carbocycles. The average molecular weight is 249 g/mol. The third kappa shape index (κ3) is 3.09. The Morgan fingerprint density at radius 2 is 1.89 bits per heavy atom. The van der Waals surface area contributed by atoms with Gasteiger partial charge in [0.05, 0.1) is 0 Å². The van der Waals surface area contributed by atoms with Crippen molar-refractivity contribution in [2.45, 2.75) is 31.9 Å². The Bertz CT molecular complexity index is 413. The number of hydrogen-bond donors (Lipinski definition) is 2. The molecule has 1 heterocycles. The maximum Gasteiger partial charge on any atom is 0.337 e. The van der Waals surface area contributed by atoms with Crippen LogP contribution in [0.25, 0.3) is 0 Å². The van der Waals surface area contributed by atoms with E-state index in [2.05, 4.69) is 4.90 Å². The number of carboxylic acid groups (broad SMARTS) is 1. The van der Waals surface area contributed by atoms with E-state index >= 15 is 0 Å². The van der Waals surface area contributed by atoms with Crippen LogP contribution in [-0.4, -0.2) is 34.2 Å². The minimum atomic E-state index is -1.43. The molecule has 4 nitrogen and oxygen atoms in total. The predicted molar refractivity (Wildman–Crippen MR) is 68.2 cm³/mol. The number of aliphatic hydroxyl groups excluding tert-OH is 1. The summed E-state index contributed by atoms with van der Waals surface area (Å²) in [6, 6.07) is 7.24. The van der Waals surface area contributed by atoms with Crippen molar-refractivity contribution in [1.29, 1.82) is 0 Å². The zero-order valence-electron chi connectivity index (χ0n) is 10.4. The highest BCUT2D eigenvalue weighted by atomic mass is 16.4. The van der Waals surface area contributed by atoms with Crippen molar-refractivity contribution in [3.63, 3.8) is 0 Å². The third-order valence-electron chi connectivity index (χ3n) is 3.43. The van der Waals surface area contributed by atoms with Crippen LogP contribution in [0.15, 0.2) is 24.3 Å². The molecule has 1 aromatic rings. The molecular weight excluding hydrogens is 230 g/mol. The van der Waals surface area contributed by atoms with Gasteiger partial charge in [-0.25, -0.2) is 4.79 Å². The number of likely N-dealkylation sites (tertiary alicyclic amines) is 1. The smallest absolute Gasteiger partial charge is 0.337 e. The van der Waals surface area contributed by atoms with E-state index in [9.17, 15) is 9.90 Å². The highest BCUT2D eigenvalue weighted by Crippen LogP contribution is 2.21. The lowest BCUT2D eigenvalue weighted by molar-refractivity contribution is -0.147. The molecule has 98 valence electrons. The van der Waals surface area contributed by atoms with E-state index in [1.165, 1.54) is 19.3 Å². The molecule has 0 radical (unpaired) electrons. The maximum atomic E-state index is 10.9. The molecule has 1 unspecified atom stereocenters. The van der Waals surface area contributed by atoms with Gasteiger partial charge in [0.1, 0.15) is 0 Å². The van der Waals surface area contributed by atoms with Crippen molar-refractivity contribution in [3.8, 4) is 0 Å². The Kier molecular flexibility index (Phi) is 4.33. The fraction of sp³-hybridized carbons (Fsp3) is 0.500. The number of piperidine rings is 1. The summed E-state index contributed by atoms with van der Waals surface area (Å²) < 4.78 is 0. The summed E-state index contributed by atoms with van der Waals surface area (Å²) in [6.45, 7) is 2.83. The van der Waals surface area contributed by atoms with Crippen LogP contribution < -0.4 is 0 Å². The van der Waals surface area contributed by atoms with Crippen LogP contribution in [0.2, 0.25) is 0 Å². The standard InChI is InChI=1S/C14H19NO3/c16-13(14(17)18)12-7-3-2-6-11(12)10-15-8-4-1-5-9-15/h2-3,6-7,13,16H,1,4-5,8-10H2,(H,17,18). The second kappa shape index (κ2) is 5.98. The summed E-state index contributed by atoms with van der Waals surface area (Å²) in [5.41, 5.74) is 1.42. The molecule has 1 saturated heterocycles. The van der Waals surface area contributed by atoms with Gasteiger partial charge in [0.2, 0.25) is 0 Å². The normalized spacial score (nSPS) is 18.5. The van der Waals surface area contributed by atoms with Crippen LogP contribution in [0.4, 0.5) is 0 Å². The number of nitrogens with zero attached hydrogens (tertiary/aromatic N) is 1. The number of carbonyl (C=O) groups is 1. The summed E-state index contributed by atoms with van der Waals surface area (Å²) in [4.78, 5) is 13.2. The Hall–Kier alpha value is -1.39. The van der Waals surface area contributed by atoms with Crippen molar-refractivity contribution in [1.82, 2.24) is 4.90 Å². The molecular formula is C14H19NO3. The number of hydrogen-bond acceptors (Lipinski definition) is 3. The van der Waals surface area contributed by atoms with E-state index in [-0.39, 0.29) is 0 Å². The van der Waals surface area contributed by atoms with Gasteiger partial charge in [0, 0.05) is 6.54 Å². The minimum absolute atomic E-state index is 0.510. The predicted octanol–water partition coefficient (Wildman–Crippen LogP) is 1.79. The van der Waals surface area contributed by atoms with Gasteiger partial charge in [0.25, 0.3) is 0 Å². The average Bonchev–Trinajstić information content (AvgIpc) is 2.39. The van der Waals surface area contributed by atoms with Gasteiger partial charge in [-0.15, -0.1) is 0 Å². The van der Waals surface area contributed by atoms with Crippen molar-refractivity contribution in [2.75, 3.05) is 13.1 Å². The van der Waals surface area contributed by atoms with Gasteiger partial charge in [-0.3, -0.25) is 4.90 Å². The molecule has 2 N–H and O–H groups in total. The van der Waals surface area contributed by atoms with E-state index in [0.717, 1.165) is 25.2 Å². The molecule has 0 bridgehead atoms. The molecule has 2 rings (SSSR count). The summed E-state index contributed by atoms with van der Waals surface area (Å²) >= 11 is 0. The van der Waals surface area contributed by atoms with Gasteiger partial charge < -0.3 is 10.2 Å². The highest BCUT2D eigenvalue weighted by molar-refractivity contribution is 5.74. The highest BCUT2D eigenvalue weighted by Gasteiger charge is 2.20. The first-order valence-corrected chi connectivity index (χ1v) is 6.39. The van der Waals surface area contributed by atoms with Gasteiger partial charge in [-0.1, -0.05) is 30.7 Å². The van der Waals surface area contributed by atoms with Crippen LogP contribution in [0.5, 0.6) is 0 Å². The van der Waals surface area contributed by atoms with Gasteiger partial charge >= 0.3 is 5.97 Å². The first-order valence-electron chi connectivity index (χ1n) is 6.39. The summed E-state index contributed by atoms with van der Waals surface area (Å²) in [5.74, 6) is -1.19. The lowest BCUT2D eigenvalue weighted by Gasteiger charge is -2.27. The molecule has 1 atom stereocenters. The van der Waals surface area contributed by atoms with Crippen molar-refractivity contribution < 1.29 is 15.0 Å². The zero-order valence-corrected chi connectivity index (χ0v) is 10.4. The quantitative estimate of drug-likeness (QED) is 0.854. The molecule has 1 aliphatic heterocycles. The molecule has 1 fully saturated rings. The molecule has 1 aromatic carbocycles. The van der Waals surface area contributed by atoms with Crippen LogP contribution >= 0.6 is 0 Å². The van der Waals surface area contributed by atoms with Crippen molar-refractivity contribution >= 4 is 5.97 Å². The summed E-state index contributed by atoms with van der Waals surface area (Å²) in [5, 5.41) is 18.6. The van der Waals surface area contributed by atoms with Gasteiger partial charge in [-0.2, -0.15) is 0 Å². The first-order chi connectivity index (χ1) is 8.68. The number of rotatable bonds is 4. The fourth-order valence-corrected chi connectivity index (χ4v) is 2.44. The SMILES string of the molecule is O=C(O)C(O)c1ccccc1CN1CCCCC1. The van der Waals surface area contributed by atoms with E-state index in [0.29, 0.717) is 5.56 Å². The largest absolute Gasteiger partial charge is 0.479 e. The minimum Gasteiger partial charge on any atom is -0.479 e. The number of carboxylic acids is 1. The third-order valence-corrected chi connectivity index (χ3v) is 3.43. The Labute approximate surface area is 107 Å². The molecule has 0 saturated carbocycles. The molecule has 4 heteroatoms. The van der Waals surface area contributed by atoms with Crippen LogP contribution in [0.1, 0.15) is 36.5 Å². The zero-order chi connectivity index (χ0) is 13.0. The first kappa shape index (κ1) is 13.1. The second-order valence-corrected chi connectivity index (χ2v) is 4.78. The van der Waals surface area contributed by atoms with E-state index in [1.54, 1.807) is 12.1 Å². The van der Waals surface area contributed by atoms with Crippen molar-refractivity contribution in [2.24, 2.45) is 0 Å². The van der Waals surface area contributed by atoms with E-state index in [4.69, 9.17) is 5.11 Å². The van der Waals surface area contributed by atoms with E-state index in [1.807, 2.05) is 12.1 Å². The lowest BCUT2D eigenvalue weighted by atomic mass is 10.0. The van der Waals surface area contributed by atoms with Crippen LogP contribution in [0.3, 0.4) is 0 Å². The van der Waals surface area contributed by atoms with Gasteiger partial charge in [-0.05, 0) is 37.1 Å². The molecule has 0 aromatic heterocycles. The summed E-state index contributed by atoms with van der Waals surface area (Å²) in [6.07, 6.45) is 2.24. The van der Waals surface area contributed by atoms with Gasteiger partial charge in [0.15, 0.2) is 6.10 Å². The summed E-state index contributed by atoms with van der Waals surface area (Å²) in [7, 11) is 0. The monoisotopic (exact) mass is 249 g/mol. The Morgan fingerprint density at radius 3 is 2.56 bits per heavy atom. The number of benzene rings is 1. The lowest BCUT2D eigenvalue weighted by Crippen LogP contribution is -2.30. The van der Waals surface area contributed by atoms with Crippen molar-refractivity contribution in [3.05, 3.63) is 35.4 Å². The fourth-order valence-electron chi connectivity index (χ4n) is 2.44. The maximum absolute atomic E-state index is 10.9. The second-order valence-electron chi connectivity index (χ2n) is 4.78. The molecule has 1 aliphatic rings. The number of aliphatic carboxylic acids is 1. The molecule has 18 heavy (non-hydrogen) atoms. The number of aliphatic hydroxyl groups is 1. The molecule has 0 amide bonds. The molecule has 0 spiro atoms. The van der Waals surface area contributed by atoms with Crippen LogP contribution in [-0.2, 0) is 11.3 Å². The van der Waals surface area contributed by atoms with Crippen LogP contribution in [0, 0.1) is 0 Å².